The lowest BCUT2D eigenvalue weighted by Crippen LogP contribution is -2.46. The lowest BCUT2D eigenvalue weighted by atomic mass is 9.95. The molecule has 2 aromatic carbocycles. The molecule has 3 amide bonds. The quantitative estimate of drug-likeness (QED) is 0.525. The number of nitrogens with one attached hydrogen (secondary N) is 2. The maximum absolute atomic E-state index is 12.6. The van der Waals surface area contributed by atoms with Crippen LogP contribution in [0.1, 0.15) is 71.3 Å². The van der Waals surface area contributed by atoms with E-state index in [0.29, 0.717) is 23.9 Å². The van der Waals surface area contributed by atoms with Crippen molar-refractivity contribution in [3.05, 3.63) is 64.2 Å². The number of fused-ring (bicyclic) bond motifs is 10. The minimum Gasteiger partial charge on any atom is -0.369 e. The summed E-state index contributed by atoms with van der Waals surface area (Å²) in [5, 5.41) is 6.14. The molecule has 7 nitrogen and oxygen atoms in total. The van der Waals surface area contributed by atoms with Crippen LogP contribution in [0.3, 0.4) is 0 Å². The van der Waals surface area contributed by atoms with Crippen molar-refractivity contribution < 1.29 is 27.6 Å². The fourth-order valence-electron chi connectivity index (χ4n) is 6.55. The van der Waals surface area contributed by atoms with Crippen molar-refractivity contribution in [2.45, 2.75) is 56.0 Å². The molecule has 210 valence electrons. The van der Waals surface area contributed by atoms with E-state index in [-0.39, 0.29) is 49.1 Å². The SMILES string of the molecule is CC(=O)Nc1ccc2c(c1)C1CC2CN(C(=O)C(F)(F)F)C1.Cl.NC(=O)Cc1ccc2c(c1)C1CNCC2C1. The summed E-state index contributed by atoms with van der Waals surface area (Å²) in [4.78, 5) is 34.4. The number of halogens is 4. The molecule has 2 saturated heterocycles. The Hall–Kier alpha value is -3.11. The highest BCUT2D eigenvalue weighted by Crippen LogP contribution is 2.47. The van der Waals surface area contributed by atoms with E-state index >= 15 is 0 Å². The van der Waals surface area contributed by atoms with Crippen LogP contribution in [0.25, 0.3) is 0 Å². The number of carbonyl (C=O) groups excluding carboxylic acids is 3. The number of carbonyl (C=O) groups is 3. The zero-order chi connectivity index (χ0) is 27.2. The van der Waals surface area contributed by atoms with Gasteiger partial charge in [-0.3, -0.25) is 14.4 Å². The summed E-state index contributed by atoms with van der Waals surface area (Å²) < 4.78 is 37.8. The molecule has 2 fully saturated rings. The zero-order valence-corrected chi connectivity index (χ0v) is 22.3. The van der Waals surface area contributed by atoms with E-state index in [4.69, 9.17) is 5.73 Å². The number of piperidine rings is 2. The normalized spacial score (nSPS) is 23.9. The molecule has 2 aromatic rings. The van der Waals surface area contributed by atoms with Crippen molar-refractivity contribution in [2.75, 3.05) is 31.5 Å². The average molecular weight is 565 g/mol. The van der Waals surface area contributed by atoms with E-state index in [9.17, 15) is 27.6 Å². The van der Waals surface area contributed by atoms with E-state index in [1.807, 2.05) is 18.2 Å². The molecule has 39 heavy (non-hydrogen) atoms. The maximum atomic E-state index is 12.6. The summed E-state index contributed by atoms with van der Waals surface area (Å²) in [5.41, 5.74) is 11.7. The van der Waals surface area contributed by atoms with Gasteiger partial charge in [0.25, 0.3) is 0 Å². The molecule has 0 spiro atoms. The lowest BCUT2D eigenvalue weighted by Gasteiger charge is -2.32. The lowest BCUT2D eigenvalue weighted by molar-refractivity contribution is -0.186. The molecule has 4 bridgehead atoms. The third kappa shape index (κ3) is 6.06. The van der Waals surface area contributed by atoms with Crippen LogP contribution in [-0.4, -0.2) is 55.0 Å². The summed E-state index contributed by atoms with van der Waals surface area (Å²) in [5.74, 6) is -1.07. The van der Waals surface area contributed by atoms with E-state index < -0.39 is 12.1 Å². The number of rotatable bonds is 3. The van der Waals surface area contributed by atoms with Crippen LogP contribution in [-0.2, 0) is 20.8 Å². The first kappa shape index (κ1) is 28.9. The van der Waals surface area contributed by atoms with E-state index in [1.54, 1.807) is 6.07 Å². The fraction of sp³-hybridized carbons (Fsp3) is 0.464. The molecule has 11 heteroatoms. The minimum atomic E-state index is -4.83. The molecule has 4 aliphatic rings. The van der Waals surface area contributed by atoms with Gasteiger partial charge in [-0.1, -0.05) is 24.3 Å². The van der Waals surface area contributed by atoms with Crippen molar-refractivity contribution in [1.29, 1.82) is 0 Å². The van der Waals surface area contributed by atoms with Crippen molar-refractivity contribution in [3.8, 4) is 0 Å². The van der Waals surface area contributed by atoms with Crippen molar-refractivity contribution in [2.24, 2.45) is 5.73 Å². The van der Waals surface area contributed by atoms with E-state index in [2.05, 4.69) is 22.8 Å². The first-order valence-corrected chi connectivity index (χ1v) is 12.9. The molecule has 0 saturated carbocycles. The Morgan fingerprint density at radius 2 is 1.49 bits per heavy atom. The topological polar surface area (TPSA) is 105 Å². The minimum absolute atomic E-state index is 0. The maximum Gasteiger partial charge on any atom is 0.471 e. The van der Waals surface area contributed by atoms with Gasteiger partial charge in [0.1, 0.15) is 0 Å². The van der Waals surface area contributed by atoms with Gasteiger partial charge in [-0.25, -0.2) is 0 Å². The number of hydrogen-bond acceptors (Lipinski definition) is 4. The van der Waals surface area contributed by atoms with Gasteiger partial charge in [-0.05, 0) is 64.6 Å². The number of hydrogen-bond donors (Lipinski definition) is 3. The molecule has 4 atom stereocenters. The summed E-state index contributed by atoms with van der Waals surface area (Å²) in [6.45, 7) is 3.74. The number of nitrogens with two attached hydrogens (primary N) is 1. The van der Waals surface area contributed by atoms with Crippen LogP contribution in [0.2, 0.25) is 0 Å². The Bertz CT molecular complexity index is 1290. The number of anilines is 1. The number of benzene rings is 2. The van der Waals surface area contributed by atoms with E-state index in [0.717, 1.165) is 41.1 Å². The van der Waals surface area contributed by atoms with Crippen LogP contribution < -0.4 is 16.4 Å². The van der Waals surface area contributed by atoms with Gasteiger partial charge >= 0.3 is 12.1 Å². The van der Waals surface area contributed by atoms with Crippen molar-refractivity contribution >= 4 is 35.8 Å². The third-order valence-electron chi connectivity index (χ3n) is 8.03. The summed E-state index contributed by atoms with van der Waals surface area (Å²) in [7, 11) is 0. The highest BCUT2D eigenvalue weighted by atomic mass is 35.5. The predicted octanol–water partition coefficient (Wildman–Crippen LogP) is 3.93. The summed E-state index contributed by atoms with van der Waals surface area (Å²) in [6.07, 6.45) is -2.45. The standard InChI is InChI=1S/C15H15F3N2O2.C13H16N2O.ClH/c1-8(21)19-11-2-3-12-9-4-10(13(12)5-11)7-20(6-9)14(22)15(16,17)18;14-13(16)4-8-1-2-11-9-5-10(7-15-6-9)12(11)3-8;/h2-3,5,9-10H,4,6-7H2,1H3,(H,19,21);1-3,9-10,15H,4-7H2,(H2,14,16);1H. The smallest absolute Gasteiger partial charge is 0.369 e. The first-order chi connectivity index (χ1) is 18.0. The summed E-state index contributed by atoms with van der Waals surface area (Å²) >= 11 is 0. The summed E-state index contributed by atoms with van der Waals surface area (Å²) in [6, 6.07) is 11.8. The van der Waals surface area contributed by atoms with E-state index in [1.165, 1.54) is 24.5 Å². The number of primary amides is 1. The van der Waals surface area contributed by atoms with Gasteiger partial charge in [-0.15, -0.1) is 12.4 Å². The second kappa shape index (κ2) is 11.2. The second-order valence-electron chi connectivity index (χ2n) is 10.8. The van der Waals surface area contributed by atoms with Gasteiger partial charge in [0.2, 0.25) is 11.8 Å². The van der Waals surface area contributed by atoms with Gasteiger partial charge in [0.15, 0.2) is 0 Å². The number of alkyl halides is 3. The molecule has 6 rings (SSSR count). The Kier molecular flexibility index (Phi) is 8.28. The molecule has 2 aliphatic heterocycles. The first-order valence-electron chi connectivity index (χ1n) is 12.9. The van der Waals surface area contributed by atoms with Crippen LogP contribution in [0, 0.1) is 0 Å². The fourth-order valence-corrected chi connectivity index (χ4v) is 6.55. The Morgan fingerprint density at radius 3 is 2.13 bits per heavy atom. The molecular formula is C28H32ClF3N4O3. The predicted molar refractivity (Wildman–Crippen MR) is 143 cm³/mol. The molecule has 2 aliphatic carbocycles. The van der Waals surface area contributed by atoms with Gasteiger partial charge < -0.3 is 21.3 Å². The van der Waals surface area contributed by atoms with Crippen LogP contribution in [0.5, 0.6) is 0 Å². The Morgan fingerprint density at radius 1 is 0.923 bits per heavy atom. The van der Waals surface area contributed by atoms with Crippen molar-refractivity contribution in [1.82, 2.24) is 10.2 Å². The third-order valence-corrected chi connectivity index (χ3v) is 8.03. The molecular weight excluding hydrogens is 533 g/mol. The van der Waals surface area contributed by atoms with Crippen molar-refractivity contribution in [3.63, 3.8) is 0 Å². The highest BCUT2D eigenvalue weighted by molar-refractivity contribution is 5.89. The highest BCUT2D eigenvalue weighted by Gasteiger charge is 2.47. The second-order valence-corrected chi connectivity index (χ2v) is 10.8. The van der Waals surface area contributed by atoms with Crippen LogP contribution in [0.15, 0.2) is 36.4 Å². The van der Waals surface area contributed by atoms with Crippen LogP contribution >= 0.6 is 12.4 Å². The Balaban J connectivity index is 0.000000184. The number of likely N-dealkylation sites (tertiary alicyclic amines) is 1. The molecule has 0 radical (unpaired) electrons. The number of nitrogens with zero attached hydrogens (tertiary/aromatic N) is 1. The van der Waals surface area contributed by atoms with Gasteiger partial charge in [0, 0.05) is 50.6 Å². The molecule has 4 unspecified atom stereocenters. The number of amides is 3. The zero-order valence-electron chi connectivity index (χ0n) is 21.5. The van der Waals surface area contributed by atoms with Crippen LogP contribution in [0.4, 0.5) is 18.9 Å². The monoisotopic (exact) mass is 564 g/mol. The van der Waals surface area contributed by atoms with Gasteiger partial charge in [-0.2, -0.15) is 13.2 Å². The molecule has 0 aromatic heterocycles. The molecule has 4 N–H and O–H groups in total. The average Bonchev–Trinajstić information content (AvgIpc) is 3.25. The van der Waals surface area contributed by atoms with Gasteiger partial charge in [0.05, 0.1) is 6.42 Å². The largest absolute Gasteiger partial charge is 0.471 e. The molecule has 2 heterocycles. The Labute approximate surface area is 231 Å².